The van der Waals surface area contributed by atoms with Crippen LogP contribution in [0.25, 0.3) is 0 Å². The van der Waals surface area contributed by atoms with Crippen LogP contribution >= 0.6 is 6.89 Å². The Hall–Kier alpha value is -2.61. The smallest absolute Gasteiger partial charge is 0.331 e. The SMILES string of the molecule is C1CCOC1.CCOC(=O)C=P(c1ccccc1)(c1ccccc1)c1ccccc1. The van der Waals surface area contributed by atoms with Crippen LogP contribution in [0.5, 0.6) is 0 Å². The standard InChI is InChI=1S/C22H21O2P.C4H8O/c1-2-24-22(23)18-25(19-12-6-3-7-13-19,20-14-8-4-9-15-20)21-16-10-5-11-17-21;1-2-4-5-3-1/h3-18H,2H2,1H3;1-4H2. The summed E-state index contributed by atoms with van der Waals surface area (Å²) >= 11 is 0. The van der Waals surface area contributed by atoms with Crippen LogP contribution in [0.1, 0.15) is 19.8 Å². The molecule has 0 bridgehead atoms. The van der Waals surface area contributed by atoms with Crippen molar-refractivity contribution in [2.75, 3.05) is 19.8 Å². The molecule has 0 unspecified atom stereocenters. The van der Waals surface area contributed by atoms with Gasteiger partial charge in [-0.15, -0.1) is 0 Å². The first kappa shape index (κ1) is 22.1. The average Bonchev–Trinajstić information content (AvgIpc) is 3.40. The van der Waals surface area contributed by atoms with Gasteiger partial charge in [-0.2, -0.15) is 0 Å². The minimum absolute atomic E-state index is 0.271. The predicted molar refractivity (Wildman–Crippen MR) is 128 cm³/mol. The fraction of sp³-hybridized carbons (Fsp3) is 0.231. The summed E-state index contributed by atoms with van der Waals surface area (Å²) in [6.45, 7) is 1.96. The van der Waals surface area contributed by atoms with Crippen LogP contribution in [0, 0.1) is 0 Å². The molecule has 4 heteroatoms. The zero-order valence-corrected chi connectivity index (χ0v) is 18.3. The second-order valence-electron chi connectivity index (χ2n) is 6.93. The van der Waals surface area contributed by atoms with Crippen LogP contribution in [0.2, 0.25) is 0 Å². The number of rotatable bonds is 5. The topological polar surface area (TPSA) is 35.5 Å². The van der Waals surface area contributed by atoms with Gasteiger partial charge in [0.25, 0.3) is 0 Å². The highest BCUT2D eigenvalue weighted by Gasteiger charge is 2.26. The number of esters is 1. The molecule has 3 aromatic rings. The Balaban J connectivity index is 0.000000448. The monoisotopic (exact) mass is 420 g/mol. The van der Waals surface area contributed by atoms with Gasteiger partial charge < -0.3 is 9.47 Å². The molecule has 3 nitrogen and oxygen atoms in total. The minimum Gasteiger partial charge on any atom is -0.463 e. The van der Waals surface area contributed by atoms with Gasteiger partial charge in [0.15, 0.2) is 0 Å². The summed E-state index contributed by atoms with van der Waals surface area (Å²) in [7, 11) is 0. The average molecular weight is 420 g/mol. The Morgan fingerprint density at radius 2 is 1.20 bits per heavy atom. The molecule has 156 valence electrons. The van der Waals surface area contributed by atoms with Crippen molar-refractivity contribution in [3.05, 3.63) is 91.0 Å². The number of benzene rings is 3. The number of hydrogen-bond acceptors (Lipinski definition) is 3. The van der Waals surface area contributed by atoms with Gasteiger partial charge in [0.05, 0.1) is 6.61 Å². The summed E-state index contributed by atoms with van der Waals surface area (Å²) < 4.78 is 10.2. The summed E-state index contributed by atoms with van der Waals surface area (Å²) in [6.07, 6.45) is 2.56. The fourth-order valence-corrected chi connectivity index (χ4v) is 7.17. The number of carbonyl (C=O) groups is 1. The molecular weight excluding hydrogens is 391 g/mol. The van der Waals surface area contributed by atoms with E-state index in [1.807, 2.05) is 61.5 Å². The lowest BCUT2D eigenvalue weighted by atomic mass is 10.4. The Labute approximate surface area is 179 Å². The molecule has 1 heterocycles. The summed E-state index contributed by atoms with van der Waals surface area (Å²) in [6, 6.07) is 30.7. The molecule has 30 heavy (non-hydrogen) atoms. The number of hydrogen-bond donors (Lipinski definition) is 0. The van der Waals surface area contributed by atoms with Gasteiger partial charge in [-0.25, -0.2) is 4.79 Å². The van der Waals surface area contributed by atoms with Gasteiger partial charge in [-0.1, -0.05) is 91.0 Å². The molecule has 0 spiro atoms. The summed E-state index contributed by atoms with van der Waals surface area (Å²) in [5.74, 6) is 1.53. The first-order valence-corrected chi connectivity index (χ1v) is 12.3. The van der Waals surface area contributed by atoms with E-state index in [0.717, 1.165) is 29.1 Å². The molecule has 0 aliphatic carbocycles. The third-order valence-electron chi connectivity index (χ3n) is 4.90. The van der Waals surface area contributed by atoms with Crippen molar-refractivity contribution >= 4 is 34.6 Å². The molecule has 4 rings (SSSR count). The molecule has 0 amide bonds. The maximum absolute atomic E-state index is 12.5. The maximum Gasteiger partial charge on any atom is 0.331 e. The van der Waals surface area contributed by atoms with Crippen molar-refractivity contribution in [1.82, 2.24) is 0 Å². The number of carbonyl (C=O) groups excluding carboxylic acids is 1. The van der Waals surface area contributed by atoms with Crippen molar-refractivity contribution in [2.24, 2.45) is 0 Å². The molecule has 1 aliphatic rings. The molecule has 1 aliphatic heterocycles. The normalized spacial score (nSPS) is 13.1. The van der Waals surface area contributed by atoms with Crippen LogP contribution in [0.3, 0.4) is 0 Å². The van der Waals surface area contributed by atoms with E-state index in [-0.39, 0.29) is 5.97 Å². The van der Waals surface area contributed by atoms with E-state index >= 15 is 0 Å². The van der Waals surface area contributed by atoms with Gasteiger partial charge in [0.2, 0.25) is 0 Å². The molecule has 0 atom stereocenters. The summed E-state index contributed by atoms with van der Waals surface area (Å²) in [4.78, 5) is 12.5. The van der Waals surface area contributed by atoms with Crippen LogP contribution in [-0.2, 0) is 14.3 Å². The van der Waals surface area contributed by atoms with Crippen molar-refractivity contribution in [3.8, 4) is 0 Å². The van der Waals surface area contributed by atoms with Gasteiger partial charge in [-0.3, -0.25) is 0 Å². The molecule has 0 aromatic heterocycles. The van der Waals surface area contributed by atoms with E-state index in [4.69, 9.17) is 9.47 Å². The Morgan fingerprint density at radius 1 is 0.800 bits per heavy atom. The molecular formula is C26H29O3P. The van der Waals surface area contributed by atoms with Gasteiger partial charge >= 0.3 is 5.97 Å². The lowest BCUT2D eigenvalue weighted by Gasteiger charge is -2.28. The quantitative estimate of drug-likeness (QED) is 0.460. The van der Waals surface area contributed by atoms with Gasteiger partial charge in [-0.05, 0) is 42.6 Å². The second kappa shape index (κ2) is 11.5. The molecule has 0 saturated carbocycles. The van der Waals surface area contributed by atoms with E-state index in [0.29, 0.717) is 6.61 Å². The third-order valence-corrected chi connectivity index (χ3v) is 8.84. The molecule has 3 aromatic carbocycles. The fourth-order valence-electron chi connectivity index (χ4n) is 3.51. The predicted octanol–water partition coefficient (Wildman–Crippen LogP) is 4.14. The van der Waals surface area contributed by atoms with E-state index in [9.17, 15) is 4.79 Å². The highest BCUT2D eigenvalue weighted by Crippen LogP contribution is 2.43. The lowest BCUT2D eigenvalue weighted by Crippen LogP contribution is -2.29. The van der Waals surface area contributed by atoms with E-state index < -0.39 is 6.89 Å². The van der Waals surface area contributed by atoms with Gasteiger partial charge in [0, 0.05) is 19.0 Å². The van der Waals surface area contributed by atoms with Crippen molar-refractivity contribution in [2.45, 2.75) is 19.8 Å². The van der Waals surface area contributed by atoms with Crippen LogP contribution in [-0.4, -0.2) is 31.6 Å². The van der Waals surface area contributed by atoms with E-state index in [1.165, 1.54) is 12.8 Å². The van der Waals surface area contributed by atoms with Crippen molar-refractivity contribution in [1.29, 1.82) is 0 Å². The largest absolute Gasteiger partial charge is 0.463 e. The molecule has 1 saturated heterocycles. The zero-order chi connectivity index (χ0) is 21.1. The lowest BCUT2D eigenvalue weighted by molar-refractivity contribution is -0.134. The van der Waals surface area contributed by atoms with Crippen molar-refractivity contribution in [3.63, 3.8) is 0 Å². The zero-order valence-electron chi connectivity index (χ0n) is 17.4. The third kappa shape index (κ3) is 5.50. The van der Waals surface area contributed by atoms with Crippen LogP contribution in [0.15, 0.2) is 91.0 Å². The van der Waals surface area contributed by atoms with E-state index in [2.05, 4.69) is 36.4 Å². The van der Waals surface area contributed by atoms with Gasteiger partial charge in [0.1, 0.15) is 0 Å². The second-order valence-corrected chi connectivity index (χ2v) is 10.2. The Kier molecular flexibility index (Phi) is 8.50. The van der Waals surface area contributed by atoms with E-state index in [1.54, 1.807) is 5.80 Å². The highest BCUT2D eigenvalue weighted by atomic mass is 31.2. The Bertz CT molecular complexity index is 838. The summed E-state index contributed by atoms with van der Waals surface area (Å²) in [5.41, 5.74) is 0. The first-order chi connectivity index (χ1) is 14.8. The molecule has 0 radical (unpaired) electrons. The highest BCUT2D eigenvalue weighted by molar-refractivity contribution is 7.95. The van der Waals surface area contributed by atoms with Crippen molar-refractivity contribution < 1.29 is 14.3 Å². The summed E-state index contributed by atoms with van der Waals surface area (Å²) in [5, 5.41) is 3.42. The maximum atomic E-state index is 12.5. The van der Waals surface area contributed by atoms with Crippen LogP contribution < -0.4 is 15.9 Å². The first-order valence-electron chi connectivity index (χ1n) is 10.4. The number of ether oxygens (including phenoxy) is 2. The minimum atomic E-state index is -2.24. The molecule has 1 fully saturated rings. The Morgan fingerprint density at radius 3 is 1.50 bits per heavy atom. The van der Waals surface area contributed by atoms with Crippen LogP contribution in [0.4, 0.5) is 0 Å². The molecule has 0 N–H and O–H groups in total.